The number of ether oxygens (including phenoxy) is 3. The molecule has 1 N–H and O–H groups in total. The van der Waals surface area contributed by atoms with Crippen molar-refractivity contribution in [1.82, 2.24) is 4.90 Å². The Labute approximate surface area is 193 Å². The van der Waals surface area contributed by atoms with Crippen LogP contribution in [0.4, 0.5) is 5.69 Å². The topological polar surface area (TPSA) is 89.5 Å². The third-order valence-electron chi connectivity index (χ3n) is 6.22. The van der Waals surface area contributed by atoms with Crippen LogP contribution in [-0.2, 0) is 9.59 Å². The predicted molar refractivity (Wildman–Crippen MR) is 125 cm³/mol. The van der Waals surface area contributed by atoms with Crippen molar-refractivity contribution in [3.8, 4) is 17.2 Å². The summed E-state index contributed by atoms with van der Waals surface area (Å²) in [5.41, 5.74) is 0.993. The van der Waals surface area contributed by atoms with Crippen LogP contribution in [-0.4, -0.2) is 56.0 Å². The van der Waals surface area contributed by atoms with Crippen molar-refractivity contribution in [2.45, 2.75) is 37.8 Å². The van der Waals surface area contributed by atoms with Crippen molar-refractivity contribution in [2.75, 3.05) is 33.2 Å². The Balaban J connectivity index is 1.57. The summed E-state index contributed by atoms with van der Waals surface area (Å²) in [7, 11) is 4.70. The van der Waals surface area contributed by atoms with Gasteiger partial charge in [-0.1, -0.05) is 6.42 Å². The molecule has 1 saturated carbocycles. The minimum atomic E-state index is -0.673. The minimum Gasteiger partial charge on any atom is -0.497 e. The maximum atomic E-state index is 13.5. The van der Waals surface area contributed by atoms with Crippen molar-refractivity contribution in [3.05, 3.63) is 48.0 Å². The molecule has 0 aromatic heterocycles. The Hall–Kier alpha value is -3.55. The highest BCUT2D eigenvalue weighted by atomic mass is 16.5. The summed E-state index contributed by atoms with van der Waals surface area (Å²) >= 11 is 0. The van der Waals surface area contributed by atoms with Gasteiger partial charge in [-0.05, 0) is 49.9 Å². The highest BCUT2D eigenvalue weighted by molar-refractivity contribution is 6.47. The lowest BCUT2D eigenvalue weighted by atomic mass is 9.88. The van der Waals surface area contributed by atoms with E-state index in [-0.39, 0.29) is 18.4 Å². The number of nitrogens with one attached hydrogen (secondary N) is 1. The molecule has 4 rings (SSSR count). The fourth-order valence-corrected chi connectivity index (χ4v) is 4.51. The molecule has 1 heterocycles. The lowest BCUT2D eigenvalue weighted by Crippen LogP contribution is -2.51. The van der Waals surface area contributed by atoms with Gasteiger partial charge in [-0.3, -0.25) is 14.6 Å². The number of amides is 2. The van der Waals surface area contributed by atoms with Crippen LogP contribution in [0.2, 0.25) is 0 Å². The van der Waals surface area contributed by atoms with E-state index in [1.54, 1.807) is 44.4 Å². The van der Waals surface area contributed by atoms with Gasteiger partial charge >= 0.3 is 0 Å². The average Bonchev–Trinajstić information content (AvgIpc) is 3.10. The van der Waals surface area contributed by atoms with Gasteiger partial charge in [0.25, 0.3) is 5.91 Å². The van der Waals surface area contributed by atoms with Crippen LogP contribution in [0.5, 0.6) is 17.2 Å². The van der Waals surface area contributed by atoms with E-state index < -0.39 is 5.66 Å². The quantitative estimate of drug-likeness (QED) is 0.694. The Kier molecular flexibility index (Phi) is 6.53. The SMILES string of the molecule is COc1ccc(C2=NC3(CCCCC3)N(CC(=O)Nc3cc(OC)cc(OC)c3)C2=O)cc1. The molecular formula is C25H29N3O5. The summed E-state index contributed by atoms with van der Waals surface area (Å²) in [6, 6.07) is 12.4. The number of carbonyl (C=O) groups is 2. The molecule has 1 aliphatic carbocycles. The molecule has 2 aromatic carbocycles. The molecule has 2 aliphatic rings. The first-order chi connectivity index (χ1) is 16.0. The zero-order chi connectivity index (χ0) is 23.4. The predicted octanol–water partition coefficient (Wildman–Crippen LogP) is 3.64. The molecule has 2 aromatic rings. The van der Waals surface area contributed by atoms with Crippen molar-refractivity contribution in [2.24, 2.45) is 4.99 Å². The van der Waals surface area contributed by atoms with Crippen LogP contribution in [0.1, 0.15) is 37.7 Å². The molecule has 0 saturated heterocycles. The molecule has 174 valence electrons. The normalized spacial score (nSPS) is 17.0. The number of rotatable bonds is 7. The van der Waals surface area contributed by atoms with Crippen molar-refractivity contribution < 1.29 is 23.8 Å². The summed E-state index contributed by atoms with van der Waals surface area (Å²) in [6.07, 6.45) is 4.54. The number of hydrogen-bond acceptors (Lipinski definition) is 6. The van der Waals surface area contributed by atoms with Gasteiger partial charge in [0.1, 0.15) is 35.2 Å². The van der Waals surface area contributed by atoms with Crippen molar-refractivity contribution >= 4 is 23.2 Å². The van der Waals surface area contributed by atoms with E-state index in [9.17, 15) is 9.59 Å². The van der Waals surface area contributed by atoms with Gasteiger partial charge in [-0.2, -0.15) is 0 Å². The van der Waals surface area contributed by atoms with E-state index in [0.717, 1.165) is 37.7 Å². The maximum Gasteiger partial charge on any atom is 0.275 e. The summed E-state index contributed by atoms with van der Waals surface area (Å²) < 4.78 is 15.8. The van der Waals surface area contributed by atoms with E-state index in [0.29, 0.717) is 28.6 Å². The zero-order valence-electron chi connectivity index (χ0n) is 19.2. The second kappa shape index (κ2) is 9.52. The fraction of sp³-hybridized carbons (Fsp3) is 0.400. The third-order valence-corrected chi connectivity index (χ3v) is 6.22. The summed E-state index contributed by atoms with van der Waals surface area (Å²) in [4.78, 5) is 33.0. The highest BCUT2D eigenvalue weighted by Crippen LogP contribution is 2.39. The molecule has 33 heavy (non-hydrogen) atoms. The van der Waals surface area contributed by atoms with Crippen LogP contribution in [0.15, 0.2) is 47.5 Å². The first-order valence-electron chi connectivity index (χ1n) is 11.1. The van der Waals surface area contributed by atoms with E-state index >= 15 is 0 Å². The Morgan fingerprint density at radius 3 is 2.12 bits per heavy atom. The van der Waals surface area contributed by atoms with Crippen molar-refractivity contribution in [1.29, 1.82) is 0 Å². The molecule has 0 atom stereocenters. The summed E-state index contributed by atoms with van der Waals surface area (Å²) in [6.45, 7) is -0.0818. The van der Waals surface area contributed by atoms with E-state index in [4.69, 9.17) is 19.2 Å². The Morgan fingerprint density at radius 1 is 0.939 bits per heavy atom. The first-order valence-corrected chi connectivity index (χ1v) is 11.1. The Morgan fingerprint density at radius 2 is 1.55 bits per heavy atom. The van der Waals surface area contributed by atoms with Gasteiger partial charge in [0.05, 0.1) is 21.3 Å². The number of aliphatic imine (C=N–C) groups is 1. The standard InChI is InChI=1S/C25H29N3O5/c1-31-19-9-7-17(8-10-19)23-24(30)28(25(27-23)11-5-4-6-12-25)16-22(29)26-18-13-20(32-2)15-21(14-18)33-3/h7-10,13-15H,4-6,11-12,16H2,1-3H3,(H,26,29). The second-order valence-corrected chi connectivity index (χ2v) is 8.27. The monoisotopic (exact) mass is 451 g/mol. The number of nitrogens with zero attached hydrogens (tertiary/aromatic N) is 2. The van der Waals surface area contributed by atoms with Gasteiger partial charge in [-0.25, -0.2) is 0 Å². The number of methoxy groups -OCH3 is 3. The van der Waals surface area contributed by atoms with Gasteiger partial charge in [0.15, 0.2) is 0 Å². The first kappa shape index (κ1) is 22.6. The third kappa shape index (κ3) is 4.65. The molecule has 8 nitrogen and oxygen atoms in total. The molecule has 0 bridgehead atoms. The number of anilines is 1. The molecule has 1 spiro atoms. The lowest BCUT2D eigenvalue weighted by molar-refractivity contribution is -0.134. The molecule has 0 unspecified atom stereocenters. The van der Waals surface area contributed by atoms with Crippen LogP contribution in [0.3, 0.4) is 0 Å². The molecule has 8 heteroatoms. The van der Waals surface area contributed by atoms with E-state index in [2.05, 4.69) is 5.32 Å². The smallest absolute Gasteiger partial charge is 0.275 e. The molecule has 1 fully saturated rings. The van der Waals surface area contributed by atoms with E-state index in [1.165, 1.54) is 0 Å². The van der Waals surface area contributed by atoms with Crippen LogP contribution in [0, 0.1) is 0 Å². The molecule has 2 amide bonds. The number of hydrogen-bond donors (Lipinski definition) is 1. The van der Waals surface area contributed by atoms with Crippen molar-refractivity contribution in [3.63, 3.8) is 0 Å². The molecule has 1 aliphatic heterocycles. The van der Waals surface area contributed by atoms with E-state index in [1.807, 2.05) is 24.3 Å². The van der Waals surface area contributed by atoms with Gasteiger partial charge in [-0.15, -0.1) is 0 Å². The van der Waals surface area contributed by atoms with Gasteiger partial charge < -0.3 is 24.4 Å². The zero-order valence-corrected chi connectivity index (χ0v) is 19.2. The highest BCUT2D eigenvalue weighted by Gasteiger charge is 2.48. The number of benzene rings is 2. The lowest BCUT2D eigenvalue weighted by Gasteiger charge is -2.38. The van der Waals surface area contributed by atoms with Crippen LogP contribution in [0.25, 0.3) is 0 Å². The number of carbonyl (C=O) groups excluding carboxylic acids is 2. The Bertz CT molecular complexity index is 1040. The molecular weight excluding hydrogens is 422 g/mol. The summed E-state index contributed by atoms with van der Waals surface area (Å²) in [5.74, 6) is 1.32. The minimum absolute atomic E-state index is 0.0818. The van der Waals surface area contributed by atoms with Gasteiger partial charge in [0.2, 0.25) is 5.91 Å². The second-order valence-electron chi connectivity index (χ2n) is 8.27. The molecule has 0 radical (unpaired) electrons. The van der Waals surface area contributed by atoms with Crippen LogP contribution >= 0.6 is 0 Å². The average molecular weight is 452 g/mol. The largest absolute Gasteiger partial charge is 0.497 e. The van der Waals surface area contributed by atoms with Crippen LogP contribution < -0.4 is 19.5 Å². The van der Waals surface area contributed by atoms with Gasteiger partial charge in [0, 0.05) is 29.4 Å². The maximum absolute atomic E-state index is 13.5. The fourth-order valence-electron chi connectivity index (χ4n) is 4.51. The summed E-state index contributed by atoms with van der Waals surface area (Å²) in [5, 5.41) is 2.87.